The summed E-state index contributed by atoms with van der Waals surface area (Å²) in [5, 5.41) is 3.42. The van der Waals surface area contributed by atoms with Crippen LogP contribution in [0, 0.1) is 6.92 Å². The second-order valence-corrected chi connectivity index (χ2v) is 4.39. The quantitative estimate of drug-likeness (QED) is 0.836. The van der Waals surface area contributed by atoms with Crippen LogP contribution in [-0.4, -0.2) is 25.2 Å². The van der Waals surface area contributed by atoms with Crippen molar-refractivity contribution in [3.63, 3.8) is 0 Å². The molecule has 17 heavy (non-hydrogen) atoms. The number of rotatable bonds is 3. The van der Waals surface area contributed by atoms with Crippen LogP contribution in [0.4, 0.5) is 5.69 Å². The maximum Gasteiger partial charge on any atom is 0.250 e. The number of carbonyl (C=O) groups is 1. The Balaban J connectivity index is 2.21. The number of nitrogens with one attached hydrogen (secondary N) is 1. The number of hydrogen-bond donors (Lipinski definition) is 2. The summed E-state index contributed by atoms with van der Waals surface area (Å²) in [6.45, 7) is 3.53. The summed E-state index contributed by atoms with van der Waals surface area (Å²) < 4.78 is 5.31. The molecule has 1 aromatic rings. The Morgan fingerprint density at radius 2 is 2.12 bits per heavy atom. The Morgan fingerprint density at radius 3 is 2.76 bits per heavy atom. The summed E-state index contributed by atoms with van der Waals surface area (Å²) >= 11 is 0. The average Bonchev–Trinajstić information content (AvgIpc) is 2.33. The van der Waals surface area contributed by atoms with Crippen LogP contribution in [0.5, 0.6) is 0 Å². The highest BCUT2D eigenvalue weighted by molar-refractivity contribution is 5.99. The van der Waals surface area contributed by atoms with Gasteiger partial charge in [-0.05, 0) is 31.4 Å². The Morgan fingerprint density at radius 1 is 1.41 bits per heavy atom. The van der Waals surface area contributed by atoms with Gasteiger partial charge in [0.2, 0.25) is 0 Å². The third-order valence-corrected chi connectivity index (χ3v) is 3.11. The van der Waals surface area contributed by atoms with Crippen molar-refractivity contribution >= 4 is 11.6 Å². The zero-order valence-corrected chi connectivity index (χ0v) is 10.0. The first kappa shape index (κ1) is 11.9. The van der Waals surface area contributed by atoms with Crippen molar-refractivity contribution in [3.05, 3.63) is 29.3 Å². The van der Waals surface area contributed by atoms with Gasteiger partial charge in [0, 0.05) is 19.3 Å². The Bertz CT molecular complexity index is 412. The van der Waals surface area contributed by atoms with Crippen molar-refractivity contribution in [3.8, 4) is 0 Å². The number of benzene rings is 1. The van der Waals surface area contributed by atoms with Gasteiger partial charge in [-0.15, -0.1) is 0 Å². The van der Waals surface area contributed by atoms with Crippen molar-refractivity contribution < 1.29 is 9.53 Å². The topological polar surface area (TPSA) is 64.4 Å². The molecule has 0 radical (unpaired) electrons. The number of anilines is 1. The van der Waals surface area contributed by atoms with Gasteiger partial charge in [-0.3, -0.25) is 4.79 Å². The predicted octanol–water partition coefficient (Wildman–Crippen LogP) is 1.68. The lowest BCUT2D eigenvalue weighted by molar-refractivity contribution is 0.0904. The van der Waals surface area contributed by atoms with Crippen LogP contribution in [0.2, 0.25) is 0 Å². The van der Waals surface area contributed by atoms with Gasteiger partial charge in [-0.1, -0.05) is 12.1 Å². The fraction of sp³-hybridized carbons (Fsp3) is 0.462. The highest BCUT2D eigenvalue weighted by atomic mass is 16.5. The van der Waals surface area contributed by atoms with Crippen LogP contribution in [-0.2, 0) is 4.74 Å². The fourth-order valence-corrected chi connectivity index (χ4v) is 2.11. The first-order chi connectivity index (χ1) is 8.18. The highest BCUT2D eigenvalue weighted by Crippen LogP contribution is 2.23. The first-order valence-electron chi connectivity index (χ1n) is 5.92. The standard InChI is InChI=1S/C13H18N2O2/c1-9-3-2-4-11(13(14)16)12(9)15-10-5-7-17-8-6-10/h2-4,10,15H,5-8H2,1H3,(H2,14,16). The first-order valence-corrected chi connectivity index (χ1v) is 5.92. The molecule has 2 rings (SSSR count). The van der Waals surface area contributed by atoms with E-state index in [1.807, 2.05) is 19.1 Å². The normalized spacial score (nSPS) is 16.8. The van der Waals surface area contributed by atoms with Crippen LogP contribution in [0.25, 0.3) is 0 Å². The zero-order chi connectivity index (χ0) is 12.3. The molecular formula is C13H18N2O2. The second kappa shape index (κ2) is 5.19. The van der Waals surface area contributed by atoms with Gasteiger partial charge >= 0.3 is 0 Å². The summed E-state index contributed by atoms with van der Waals surface area (Å²) in [6.07, 6.45) is 1.93. The molecule has 92 valence electrons. The van der Waals surface area contributed by atoms with Gasteiger partial charge < -0.3 is 15.8 Å². The maximum absolute atomic E-state index is 11.4. The monoisotopic (exact) mass is 234 g/mol. The molecule has 3 N–H and O–H groups in total. The molecule has 0 aliphatic carbocycles. The Kier molecular flexibility index (Phi) is 3.64. The lowest BCUT2D eigenvalue weighted by atomic mass is 10.0. The van der Waals surface area contributed by atoms with Crippen LogP contribution in [0.1, 0.15) is 28.8 Å². The number of hydrogen-bond acceptors (Lipinski definition) is 3. The van der Waals surface area contributed by atoms with E-state index in [4.69, 9.17) is 10.5 Å². The predicted molar refractivity (Wildman–Crippen MR) is 67.2 cm³/mol. The molecule has 1 saturated heterocycles. The van der Waals surface area contributed by atoms with E-state index in [9.17, 15) is 4.79 Å². The molecule has 0 unspecified atom stereocenters. The number of amides is 1. The highest BCUT2D eigenvalue weighted by Gasteiger charge is 2.17. The molecule has 1 heterocycles. The molecule has 0 aromatic heterocycles. The maximum atomic E-state index is 11.4. The smallest absolute Gasteiger partial charge is 0.250 e. The molecule has 1 aliphatic rings. The molecule has 4 nitrogen and oxygen atoms in total. The molecule has 0 saturated carbocycles. The lowest BCUT2D eigenvalue weighted by Crippen LogP contribution is -2.29. The van der Waals surface area contributed by atoms with Crippen molar-refractivity contribution in [2.45, 2.75) is 25.8 Å². The minimum Gasteiger partial charge on any atom is -0.381 e. The van der Waals surface area contributed by atoms with Gasteiger partial charge in [0.25, 0.3) is 5.91 Å². The molecule has 4 heteroatoms. The van der Waals surface area contributed by atoms with Gasteiger partial charge in [0.05, 0.1) is 11.3 Å². The van der Waals surface area contributed by atoms with E-state index in [1.54, 1.807) is 6.07 Å². The minimum atomic E-state index is -0.386. The third kappa shape index (κ3) is 2.77. The second-order valence-electron chi connectivity index (χ2n) is 4.39. The van der Waals surface area contributed by atoms with Gasteiger partial charge in [0.1, 0.15) is 0 Å². The number of nitrogens with two attached hydrogens (primary N) is 1. The number of carbonyl (C=O) groups excluding carboxylic acids is 1. The van der Waals surface area contributed by atoms with Gasteiger partial charge in [-0.2, -0.15) is 0 Å². The van der Waals surface area contributed by atoms with Gasteiger partial charge in [-0.25, -0.2) is 0 Å². The Labute approximate surface area is 101 Å². The number of ether oxygens (including phenoxy) is 1. The summed E-state index contributed by atoms with van der Waals surface area (Å²) in [7, 11) is 0. The van der Waals surface area contributed by atoms with E-state index in [0.29, 0.717) is 11.6 Å². The number of primary amides is 1. The van der Waals surface area contributed by atoms with Crippen molar-refractivity contribution in [1.82, 2.24) is 0 Å². The Hall–Kier alpha value is -1.55. The van der Waals surface area contributed by atoms with Crippen molar-refractivity contribution in [2.75, 3.05) is 18.5 Å². The summed E-state index contributed by atoms with van der Waals surface area (Å²) in [6, 6.07) is 5.96. The van der Waals surface area contributed by atoms with E-state index in [2.05, 4.69) is 5.32 Å². The molecule has 0 bridgehead atoms. The molecular weight excluding hydrogens is 216 g/mol. The molecule has 1 amide bonds. The average molecular weight is 234 g/mol. The summed E-state index contributed by atoms with van der Waals surface area (Å²) in [5.41, 5.74) is 7.87. The molecule has 1 aliphatic heterocycles. The van der Waals surface area contributed by atoms with Gasteiger partial charge in [0.15, 0.2) is 0 Å². The molecule has 1 aromatic carbocycles. The molecule has 0 atom stereocenters. The van der Waals surface area contributed by atoms with Crippen LogP contribution < -0.4 is 11.1 Å². The zero-order valence-electron chi connectivity index (χ0n) is 10.0. The van der Waals surface area contributed by atoms with Crippen LogP contribution in [0.15, 0.2) is 18.2 Å². The minimum absolute atomic E-state index is 0.364. The number of para-hydroxylation sites is 1. The third-order valence-electron chi connectivity index (χ3n) is 3.11. The lowest BCUT2D eigenvalue weighted by Gasteiger charge is -2.26. The molecule has 0 spiro atoms. The van der Waals surface area contributed by atoms with E-state index in [1.165, 1.54) is 0 Å². The van der Waals surface area contributed by atoms with E-state index >= 15 is 0 Å². The van der Waals surface area contributed by atoms with Crippen LogP contribution >= 0.6 is 0 Å². The molecule has 1 fully saturated rings. The SMILES string of the molecule is Cc1cccc(C(N)=O)c1NC1CCOCC1. The largest absolute Gasteiger partial charge is 0.381 e. The van der Waals surface area contributed by atoms with Crippen molar-refractivity contribution in [2.24, 2.45) is 5.73 Å². The van der Waals surface area contributed by atoms with E-state index in [0.717, 1.165) is 37.3 Å². The van der Waals surface area contributed by atoms with Crippen molar-refractivity contribution in [1.29, 1.82) is 0 Å². The van der Waals surface area contributed by atoms with E-state index < -0.39 is 0 Å². The van der Waals surface area contributed by atoms with E-state index in [-0.39, 0.29) is 5.91 Å². The fourth-order valence-electron chi connectivity index (χ4n) is 2.11. The van der Waals surface area contributed by atoms with Crippen LogP contribution in [0.3, 0.4) is 0 Å². The summed E-state index contributed by atoms with van der Waals surface area (Å²) in [4.78, 5) is 11.4. The summed E-state index contributed by atoms with van der Waals surface area (Å²) in [5.74, 6) is -0.386. The number of aryl methyl sites for hydroxylation is 1.